The van der Waals surface area contributed by atoms with Crippen molar-refractivity contribution in [3.05, 3.63) is 4.13 Å². The Hall–Kier alpha value is -0.180. The number of hydrogen-bond acceptors (Lipinski definition) is 4. The summed E-state index contributed by atoms with van der Waals surface area (Å²) in [5.41, 5.74) is 0. The zero-order valence-electron chi connectivity index (χ0n) is 21.5. The van der Waals surface area contributed by atoms with Crippen molar-refractivity contribution in [1.82, 2.24) is 0 Å². The Labute approximate surface area is 200 Å². The summed E-state index contributed by atoms with van der Waals surface area (Å²) < 4.78 is 45.9. The summed E-state index contributed by atoms with van der Waals surface area (Å²) in [4.78, 5) is 0. The van der Waals surface area contributed by atoms with Gasteiger partial charge in [-0.25, -0.2) is 16.8 Å². The summed E-state index contributed by atoms with van der Waals surface area (Å²) >= 11 is 0. The maximum absolute atomic E-state index is 10.5. The van der Waals surface area contributed by atoms with Crippen LogP contribution < -0.4 is 0 Å². The first-order chi connectivity index (χ1) is 15.0. The van der Waals surface area contributed by atoms with Crippen molar-refractivity contribution in [3.63, 3.8) is 0 Å². The molecule has 0 aromatic carbocycles. The molecular weight excluding hydrogens is 444 g/mol. The summed E-state index contributed by atoms with van der Waals surface area (Å²) in [7, 11) is -0.416. The van der Waals surface area contributed by atoms with E-state index in [4.69, 9.17) is 0 Å². The van der Waals surface area contributed by atoms with E-state index in [0.29, 0.717) is 0 Å². The Bertz CT molecular complexity index is 609. The summed E-state index contributed by atoms with van der Waals surface area (Å²) in [5.74, 6) is -0.293. The molecule has 8 heteroatoms. The van der Waals surface area contributed by atoms with Crippen LogP contribution in [0.1, 0.15) is 116 Å². The smallest absolute Gasteiger partial charge is 0.0830 e. The second-order valence-corrected chi connectivity index (χ2v) is 14.1. The first-order valence-corrected chi connectivity index (χ1v) is 16.2. The van der Waals surface area contributed by atoms with Gasteiger partial charge in [-0.3, -0.25) is 0 Å². The molecule has 0 aliphatic carbocycles. The largest absolute Gasteiger partial charge is 0.436 e. The van der Waals surface area contributed by atoms with Gasteiger partial charge >= 0.3 is 0 Å². The Morgan fingerprint density at radius 3 is 1.12 bits per heavy atom. The number of nitrogens with zero attached hydrogens (tertiary/aromatic N) is 2. The Morgan fingerprint density at radius 1 is 0.562 bits per heavy atom. The summed E-state index contributed by atoms with van der Waals surface area (Å²) in [6.07, 6.45) is 23.5. The van der Waals surface area contributed by atoms with Gasteiger partial charge in [0.1, 0.15) is 0 Å². The lowest BCUT2D eigenvalue weighted by Gasteiger charge is -2.25. The lowest BCUT2D eigenvalue weighted by Crippen LogP contribution is -2.35. The van der Waals surface area contributed by atoms with E-state index in [1.165, 1.54) is 109 Å². The number of quaternary nitrogens is 1. The molecule has 194 valence electrons. The van der Waals surface area contributed by atoms with Gasteiger partial charge in [-0.1, -0.05) is 96.8 Å². The van der Waals surface area contributed by atoms with Crippen molar-refractivity contribution < 1.29 is 21.3 Å². The highest BCUT2D eigenvalue weighted by molar-refractivity contribution is 8.12. The van der Waals surface area contributed by atoms with Crippen molar-refractivity contribution >= 4 is 20.0 Å². The minimum atomic E-state index is -3.65. The summed E-state index contributed by atoms with van der Waals surface area (Å²) in [6, 6.07) is 0. The van der Waals surface area contributed by atoms with Crippen LogP contribution in [0, 0.1) is 0 Å². The van der Waals surface area contributed by atoms with E-state index in [1.807, 2.05) is 0 Å². The number of hydrogen-bond donors (Lipinski definition) is 0. The summed E-state index contributed by atoms with van der Waals surface area (Å²) in [5, 5.41) is 0. The van der Waals surface area contributed by atoms with Gasteiger partial charge in [-0.2, -0.15) is 0 Å². The van der Waals surface area contributed by atoms with Gasteiger partial charge in [-0.15, -0.1) is 0 Å². The highest BCUT2D eigenvalue weighted by Gasteiger charge is 2.14. The Balaban J connectivity index is 0.000000792. The van der Waals surface area contributed by atoms with Crippen LogP contribution in [0.2, 0.25) is 0 Å². The molecule has 0 unspecified atom stereocenters. The van der Waals surface area contributed by atoms with Crippen LogP contribution in [0.4, 0.5) is 0 Å². The zero-order valence-corrected chi connectivity index (χ0v) is 23.1. The van der Waals surface area contributed by atoms with Crippen molar-refractivity contribution in [1.29, 1.82) is 0 Å². The molecule has 1 fully saturated rings. The van der Waals surface area contributed by atoms with Crippen molar-refractivity contribution in [2.45, 2.75) is 116 Å². The minimum absolute atomic E-state index is 0.147. The van der Waals surface area contributed by atoms with Crippen LogP contribution >= 0.6 is 0 Å². The lowest BCUT2D eigenvalue weighted by molar-refractivity contribution is -0.870. The van der Waals surface area contributed by atoms with Crippen molar-refractivity contribution in [2.24, 2.45) is 0 Å². The van der Waals surface area contributed by atoms with Crippen molar-refractivity contribution in [2.75, 3.05) is 39.2 Å². The molecule has 0 aromatic heterocycles. The number of rotatable bonds is 17. The molecule has 0 N–H and O–H groups in total. The van der Waals surface area contributed by atoms with Crippen LogP contribution in [0.25, 0.3) is 4.13 Å². The lowest BCUT2D eigenvalue weighted by atomic mass is 10.0. The Morgan fingerprint density at radius 2 is 0.875 bits per heavy atom. The van der Waals surface area contributed by atoms with Crippen molar-refractivity contribution in [3.8, 4) is 0 Å². The second kappa shape index (κ2) is 18.2. The van der Waals surface area contributed by atoms with Gasteiger partial charge in [0.2, 0.25) is 0 Å². The van der Waals surface area contributed by atoms with E-state index in [-0.39, 0.29) is 17.9 Å². The van der Waals surface area contributed by atoms with Gasteiger partial charge in [-0.05, 0) is 19.3 Å². The highest BCUT2D eigenvalue weighted by atomic mass is 32.3. The fourth-order valence-electron chi connectivity index (χ4n) is 3.81. The Kier molecular flexibility index (Phi) is 18.1. The number of sulfonamides is 2. The normalized spacial score (nSPS) is 17.5. The molecule has 0 bridgehead atoms. The predicted octanol–water partition coefficient (Wildman–Crippen LogP) is 6.38. The molecule has 1 heterocycles. The molecule has 1 aliphatic rings. The first kappa shape index (κ1) is 31.8. The molecule has 1 rings (SSSR count). The van der Waals surface area contributed by atoms with Crippen LogP contribution in [0.15, 0.2) is 0 Å². The third-order valence-electron chi connectivity index (χ3n) is 5.71. The third kappa shape index (κ3) is 23.0. The van der Waals surface area contributed by atoms with E-state index in [0.717, 1.165) is 4.48 Å². The SMILES string of the molecule is CCCCCCCCCCCCCCCCCC[N+](C)(C)C.O=S1(=O)CCCS(=O)(=O)[N-]1. The van der Waals surface area contributed by atoms with Gasteiger partial charge in [0.25, 0.3) is 0 Å². The third-order valence-corrected chi connectivity index (χ3v) is 9.14. The number of unbranched alkanes of at least 4 members (excludes halogenated alkanes) is 15. The van der Waals surface area contributed by atoms with Crippen LogP contribution in [-0.4, -0.2) is 60.5 Å². The zero-order chi connectivity index (χ0) is 24.3. The van der Waals surface area contributed by atoms with E-state index < -0.39 is 20.0 Å². The maximum atomic E-state index is 10.5. The first-order valence-electron chi connectivity index (χ1n) is 13.0. The van der Waals surface area contributed by atoms with E-state index >= 15 is 0 Å². The molecule has 0 atom stereocenters. The van der Waals surface area contributed by atoms with Crippen LogP contribution in [0.5, 0.6) is 0 Å². The maximum Gasteiger partial charge on any atom is 0.0830 e. The average molecular weight is 497 g/mol. The fourth-order valence-corrected chi connectivity index (χ4v) is 6.99. The molecule has 6 nitrogen and oxygen atoms in total. The molecule has 32 heavy (non-hydrogen) atoms. The van der Waals surface area contributed by atoms with E-state index in [1.54, 1.807) is 0 Å². The molecule has 1 saturated heterocycles. The van der Waals surface area contributed by atoms with Gasteiger partial charge < -0.3 is 8.61 Å². The molecule has 0 radical (unpaired) electrons. The molecular formula is C24H52N2O4S2. The molecule has 0 amide bonds. The van der Waals surface area contributed by atoms with Crippen LogP contribution in [0.3, 0.4) is 0 Å². The highest BCUT2D eigenvalue weighted by Crippen LogP contribution is 2.18. The molecule has 0 spiro atoms. The molecule has 1 aliphatic heterocycles. The van der Waals surface area contributed by atoms with E-state index in [2.05, 4.69) is 32.2 Å². The quantitative estimate of drug-likeness (QED) is 0.173. The van der Waals surface area contributed by atoms with Gasteiger partial charge in [0.05, 0.1) is 47.7 Å². The molecule has 0 saturated carbocycles. The molecule has 0 aromatic rings. The topological polar surface area (TPSA) is 82.4 Å². The summed E-state index contributed by atoms with van der Waals surface area (Å²) in [6.45, 7) is 3.63. The average Bonchev–Trinajstić information content (AvgIpc) is 2.65. The monoisotopic (exact) mass is 496 g/mol. The fraction of sp³-hybridized carbons (Fsp3) is 1.00. The van der Waals surface area contributed by atoms with E-state index in [9.17, 15) is 16.8 Å². The second-order valence-electron chi connectivity index (χ2n) is 10.3. The minimum Gasteiger partial charge on any atom is -0.436 e. The predicted molar refractivity (Wildman–Crippen MR) is 138 cm³/mol. The van der Waals surface area contributed by atoms with Crippen LogP contribution in [-0.2, 0) is 20.0 Å². The van der Waals surface area contributed by atoms with Gasteiger partial charge in [0, 0.05) is 11.5 Å². The van der Waals surface area contributed by atoms with Gasteiger partial charge in [0.15, 0.2) is 0 Å². The standard InChI is InChI=1S/C21H46N.C3H6NO4S2/c1-5-6-7-8-9-10-11-12-13-14-15-16-17-18-19-20-21-22(2,3)4;5-9(6)2-1-3-10(7,8)4-9/h5-21H2,1-4H3;1-3H2/q+1;-1.